The molecule has 0 spiro atoms. The predicted octanol–water partition coefficient (Wildman–Crippen LogP) is 2.87. The van der Waals surface area contributed by atoms with E-state index in [0.29, 0.717) is 11.3 Å². The molecular formula is C19H29N5OS. The van der Waals surface area contributed by atoms with Gasteiger partial charge in [0, 0.05) is 13.0 Å². The van der Waals surface area contributed by atoms with E-state index in [9.17, 15) is 4.79 Å². The standard InChI is InChI=1S/C19H29N5OS/c1-5-7-17-21-22-19(26)24(17)13-18(25)20-12-16(23(3)4)15-10-8-14(6-2)9-11-15/h8-11,16H,5-7,12-13H2,1-4H3,(H,20,25)(H,22,26). The molecule has 7 heteroatoms. The van der Waals surface area contributed by atoms with Crippen LogP contribution in [0, 0.1) is 4.77 Å². The van der Waals surface area contributed by atoms with Gasteiger partial charge in [0.15, 0.2) is 4.77 Å². The Bertz CT molecular complexity index is 763. The van der Waals surface area contributed by atoms with Gasteiger partial charge in [-0.15, -0.1) is 0 Å². The molecule has 1 amide bonds. The first kappa shape index (κ1) is 20.3. The van der Waals surface area contributed by atoms with Crippen LogP contribution in [-0.2, 0) is 24.2 Å². The highest BCUT2D eigenvalue weighted by Crippen LogP contribution is 2.18. The Balaban J connectivity index is 2.01. The number of H-pyrrole nitrogens is 1. The van der Waals surface area contributed by atoms with E-state index >= 15 is 0 Å². The summed E-state index contributed by atoms with van der Waals surface area (Å²) in [7, 11) is 4.05. The number of hydrogen-bond donors (Lipinski definition) is 2. The lowest BCUT2D eigenvalue weighted by Gasteiger charge is -2.25. The summed E-state index contributed by atoms with van der Waals surface area (Å²) in [5.41, 5.74) is 2.51. The lowest BCUT2D eigenvalue weighted by molar-refractivity contribution is -0.121. The first-order valence-corrected chi connectivity index (χ1v) is 9.53. The van der Waals surface area contributed by atoms with Crippen molar-refractivity contribution in [1.82, 2.24) is 25.0 Å². The zero-order valence-corrected chi connectivity index (χ0v) is 16.9. The minimum Gasteiger partial charge on any atom is -0.353 e. The summed E-state index contributed by atoms with van der Waals surface area (Å²) >= 11 is 5.24. The van der Waals surface area contributed by atoms with Crippen molar-refractivity contribution in [3.63, 3.8) is 0 Å². The molecule has 1 heterocycles. The van der Waals surface area contributed by atoms with E-state index in [1.165, 1.54) is 11.1 Å². The molecule has 0 aliphatic heterocycles. The number of aromatic amines is 1. The van der Waals surface area contributed by atoms with E-state index < -0.39 is 0 Å². The van der Waals surface area contributed by atoms with E-state index in [0.717, 1.165) is 25.1 Å². The Kier molecular flexibility index (Phi) is 7.53. The maximum atomic E-state index is 12.4. The van der Waals surface area contributed by atoms with Crippen molar-refractivity contribution in [2.24, 2.45) is 0 Å². The number of likely N-dealkylation sites (N-methyl/N-ethyl adjacent to an activating group) is 1. The largest absolute Gasteiger partial charge is 0.353 e. The van der Waals surface area contributed by atoms with Crippen LogP contribution in [0.3, 0.4) is 0 Å². The molecule has 1 aromatic carbocycles. The normalized spacial score (nSPS) is 12.3. The van der Waals surface area contributed by atoms with Gasteiger partial charge in [-0.3, -0.25) is 14.5 Å². The molecule has 0 saturated carbocycles. The Morgan fingerprint density at radius 1 is 1.31 bits per heavy atom. The zero-order chi connectivity index (χ0) is 19.1. The summed E-state index contributed by atoms with van der Waals surface area (Å²) in [5.74, 6) is 0.767. The number of aromatic nitrogens is 3. The fourth-order valence-corrected chi connectivity index (χ4v) is 3.13. The average Bonchev–Trinajstić information content (AvgIpc) is 2.96. The SMILES string of the molecule is CCCc1n[nH]c(=S)n1CC(=O)NCC(c1ccc(CC)cc1)N(C)C. The lowest BCUT2D eigenvalue weighted by Crippen LogP contribution is -2.36. The van der Waals surface area contributed by atoms with Crippen molar-refractivity contribution < 1.29 is 4.79 Å². The topological polar surface area (TPSA) is 66.0 Å². The van der Waals surface area contributed by atoms with Crippen LogP contribution < -0.4 is 5.32 Å². The summed E-state index contributed by atoms with van der Waals surface area (Å²) < 4.78 is 2.26. The van der Waals surface area contributed by atoms with Gasteiger partial charge in [-0.25, -0.2) is 0 Å². The number of carbonyl (C=O) groups is 1. The summed E-state index contributed by atoms with van der Waals surface area (Å²) in [6, 6.07) is 8.70. The number of rotatable bonds is 9. The Labute approximate surface area is 160 Å². The quantitative estimate of drug-likeness (QED) is 0.662. The highest BCUT2D eigenvalue weighted by molar-refractivity contribution is 7.71. The van der Waals surface area contributed by atoms with E-state index in [-0.39, 0.29) is 18.5 Å². The van der Waals surface area contributed by atoms with Crippen molar-refractivity contribution in [3.8, 4) is 0 Å². The Morgan fingerprint density at radius 2 is 2.00 bits per heavy atom. The Hall–Kier alpha value is -1.99. The molecule has 0 aliphatic carbocycles. The van der Waals surface area contributed by atoms with Crippen LogP contribution in [-0.4, -0.2) is 46.2 Å². The van der Waals surface area contributed by atoms with Crippen LogP contribution in [0.4, 0.5) is 0 Å². The van der Waals surface area contributed by atoms with Gasteiger partial charge in [-0.05, 0) is 50.3 Å². The molecule has 6 nitrogen and oxygen atoms in total. The minimum atomic E-state index is -0.0584. The number of nitrogens with one attached hydrogen (secondary N) is 2. The van der Waals surface area contributed by atoms with E-state index in [1.807, 2.05) is 14.1 Å². The highest BCUT2D eigenvalue weighted by Gasteiger charge is 2.16. The molecule has 0 radical (unpaired) electrons. The maximum Gasteiger partial charge on any atom is 0.240 e. The van der Waals surface area contributed by atoms with Gasteiger partial charge in [0.2, 0.25) is 5.91 Å². The first-order chi connectivity index (χ1) is 12.5. The summed E-state index contributed by atoms with van der Waals surface area (Å²) in [6.45, 7) is 4.96. The number of benzene rings is 1. The van der Waals surface area contributed by atoms with Crippen molar-refractivity contribution >= 4 is 18.1 Å². The van der Waals surface area contributed by atoms with Gasteiger partial charge in [0.05, 0.1) is 6.04 Å². The van der Waals surface area contributed by atoms with Crippen LogP contribution in [0.2, 0.25) is 0 Å². The highest BCUT2D eigenvalue weighted by atomic mass is 32.1. The van der Waals surface area contributed by atoms with E-state index in [1.54, 1.807) is 4.57 Å². The number of hydrogen-bond acceptors (Lipinski definition) is 4. The molecular weight excluding hydrogens is 346 g/mol. The van der Waals surface area contributed by atoms with Gasteiger partial charge in [-0.2, -0.15) is 5.10 Å². The van der Waals surface area contributed by atoms with Crippen LogP contribution in [0.15, 0.2) is 24.3 Å². The van der Waals surface area contributed by atoms with Crippen LogP contribution >= 0.6 is 12.2 Å². The van der Waals surface area contributed by atoms with Gasteiger partial charge in [-0.1, -0.05) is 38.1 Å². The molecule has 2 rings (SSSR count). The van der Waals surface area contributed by atoms with Crippen LogP contribution in [0.1, 0.15) is 43.3 Å². The molecule has 0 aliphatic rings. The fraction of sp³-hybridized carbons (Fsp3) is 0.526. The van der Waals surface area contributed by atoms with Gasteiger partial charge < -0.3 is 10.2 Å². The number of carbonyl (C=O) groups excluding carboxylic acids is 1. The molecule has 0 fully saturated rings. The molecule has 1 atom stereocenters. The molecule has 142 valence electrons. The third kappa shape index (κ3) is 5.25. The second-order valence-corrected chi connectivity index (χ2v) is 7.05. The van der Waals surface area contributed by atoms with Crippen LogP contribution in [0.5, 0.6) is 0 Å². The van der Waals surface area contributed by atoms with Crippen molar-refractivity contribution in [2.75, 3.05) is 20.6 Å². The summed E-state index contributed by atoms with van der Waals surface area (Å²) in [6.07, 6.45) is 2.78. The number of nitrogens with zero attached hydrogens (tertiary/aromatic N) is 3. The van der Waals surface area contributed by atoms with Crippen molar-refractivity contribution in [3.05, 3.63) is 46.0 Å². The molecule has 0 saturated heterocycles. The van der Waals surface area contributed by atoms with Gasteiger partial charge >= 0.3 is 0 Å². The fourth-order valence-electron chi connectivity index (χ4n) is 2.91. The van der Waals surface area contributed by atoms with Crippen molar-refractivity contribution in [2.45, 2.75) is 45.7 Å². The molecule has 1 aromatic heterocycles. The van der Waals surface area contributed by atoms with Crippen molar-refractivity contribution in [1.29, 1.82) is 0 Å². The predicted molar refractivity (Wildman–Crippen MR) is 107 cm³/mol. The van der Waals surface area contributed by atoms with E-state index in [4.69, 9.17) is 12.2 Å². The summed E-state index contributed by atoms with van der Waals surface area (Å²) in [5, 5.41) is 10.0. The number of amides is 1. The molecule has 0 bridgehead atoms. The molecule has 1 unspecified atom stereocenters. The van der Waals surface area contributed by atoms with Crippen LogP contribution in [0.25, 0.3) is 0 Å². The lowest BCUT2D eigenvalue weighted by atomic mass is 10.0. The summed E-state index contributed by atoms with van der Waals surface area (Å²) in [4.78, 5) is 14.6. The average molecular weight is 376 g/mol. The Morgan fingerprint density at radius 3 is 2.58 bits per heavy atom. The first-order valence-electron chi connectivity index (χ1n) is 9.12. The monoisotopic (exact) mass is 375 g/mol. The van der Waals surface area contributed by atoms with E-state index in [2.05, 4.69) is 58.5 Å². The van der Waals surface area contributed by atoms with Gasteiger partial charge in [0.1, 0.15) is 12.4 Å². The second kappa shape index (κ2) is 9.64. The smallest absolute Gasteiger partial charge is 0.240 e. The molecule has 26 heavy (non-hydrogen) atoms. The van der Waals surface area contributed by atoms with Gasteiger partial charge in [0.25, 0.3) is 0 Å². The second-order valence-electron chi connectivity index (χ2n) is 6.66. The minimum absolute atomic E-state index is 0.0584. The molecule has 2 aromatic rings. The zero-order valence-electron chi connectivity index (χ0n) is 16.1. The third-order valence-corrected chi connectivity index (χ3v) is 4.81. The molecule has 2 N–H and O–H groups in total. The maximum absolute atomic E-state index is 12.4. The third-order valence-electron chi connectivity index (χ3n) is 4.50. The number of aryl methyl sites for hydroxylation is 2.